The van der Waals surface area contributed by atoms with Crippen molar-refractivity contribution in [3.63, 3.8) is 0 Å². The van der Waals surface area contributed by atoms with Crippen molar-refractivity contribution in [3.8, 4) is 0 Å². The molecule has 0 unspecified atom stereocenters. The molecule has 0 radical (unpaired) electrons. The third-order valence-corrected chi connectivity index (χ3v) is 8.35. The maximum Gasteiger partial charge on any atom is 0.264 e. The van der Waals surface area contributed by atoms with Gasteiger partial charge in [-0.05, 0) is 49.4 Å². The summed E-state index contributed by atoms with van der Waals surface area (Å²) in [6.45, 7) is 3.35. The highest BCUT2D eigenvalue weighted by Gasteiger charge is 2.52. The normalized spacial score (nSPS) is 24.1. The van der Waals surface area contributed by atoms with Gasteiger partial charge in [0.15, 0.2) is 5.60 Å². The Morgan fingerprint density at radius 2 is 1.92 bits per heavy atom. The van der Waals surface area contributed by atoms with Crippen molar-refractivity contribution in [1.29, 1.82) is 0 Å². The summed E-state index contributed by atoms with van der Waals surface area (Å²) in [6.07, 6.45) is 7.73. The molecular weight excluding hydrogens is 494 g/mol. The van der Waals surface area contributed by atoms with E-state index in [2.05, 4.69) is 0 Å². The number of nitrogens with zero attached hydrogens (tertiary/aromatic N) is 3. The molecule has 3 atom stereocenters. The van der Waals surface area contributed by atoms with Crippen molar-refractivity contribution in [1.82, 2.24) is 4.90 Å². The minimum absolute atomic E-state index is 0.0377. The lowest BCUT2D eigenvalue weighted by Gasteiger charge is -2.29. The highest BCUT2D eigenvalue weighted by molar-refractivity contribution is 6.07. The van der Waals surface area contributed by atoms with Crippen LogP contribution in [0.25, 0.3) is 0 Å². The topological polar surface area (TPSA) is 101 Å². The highest BCUT2D eigenvalue weighted by Crippen LogP contribution is 2.45. The smallest absolute Gasteiger partial charge is 0.264 e. The molecule has 5 rings (SSSR count). The van der Waals surface area contributed by atoms with Crippen LogP contribution in [-0.2, 0) is 26.5 Å². The minimum Gasteiger partial charge on any atom is -0.394 e. The lowest BCUT2D eigenvalue weighted by Crippen LogP contribution is -2.44. The number of piperidine rings is 1. The predicted octanol–water partition coefficient (Wildman–Crippen LogP) is 3.50. The van der Waals surface area contributed by atoms with Gasteiger partial charge >= 0.3 is 0 Å². The molecule has 2 aromatic carbocycles. The molecular formula is C31H37N3O5. The summed E-state index contributed by atoms with van der Waals surface area (Å²) < 4.78 is 0. The number of benzene rings is 2. The summed E-state index contributed by atoms with van der Waals surface area (Å²) in [6, 6.07) is 14.8. The maximum absolute atomic E-state index is 13.8. The predicted molar refractivity (Wildman–Crippen MR) is 149 cm³/mol. The van der Waals surface area contributed by atoms with Gasteiger partial charge in [0, 0.05) is 43.1 Å². The van der Waals surface area contributed by atoms with Crippen LogP contribution in [0.3, 0.4) is 0 Å². The number of fused-ring (bicyclic) bond motifs is 1. The van der Waals surface area contributed by atoms with Gasteiger partial charge in [-0.15, -0.1) is 0 Å². The molecule has 39 heavy (non-hydrogen) atoms. The molecule has 8 heteroatoms. The first kappa shape index (κ1) is 27.1. The summed E-state index contributed by atoms with van der Waals surface area (Å²) in [7, 11) is 0. The number of para-hydroxylation sites is 1. The van der Waals surface area contributed by atoms with E-state index in [4.69, 9.17) is 0 Å². The van der Waals surface area contributed by atoms with E-state index in [1.807, 2.05) is 47.4 Å². The quantitative estimate of drug-likeness (QED) is 0.508. The number of carbonyl (C=O) groups is 3. The SMILES string of the molecule is C[C@@H](/C=C/CC(=O)N1CCC[C@H]1CO)[C@]1(O)C(=O)N(Cc2cccc(N3CCCCC3=O)c2)c2ccccc21. The summed E-state index contributed by atoms with van der Waals surface area (Å²) >= 11 is 0. The summed E-state index contributed by atoms with van der Waals surface area (Å²) in [5.74, 6) is -0.931. The van der Waals surface area contributed by atoms with E-state index in [1.165, 1.54) is 0 Å². The largest absolute Gasteiger partial charge is 0.394 e. The molecule has 206 valence electrons. The standard InChI is InChI=1S/C31H37N3O5/c1-22(9-6-16-29(37)33-18-8-12-25(33)21-35)31(39)26-13-2-3-14-27(26)34(30(31)38)20-23-10-7-11-24(19-23)32-17-5-4-15-28(32)36/h2-3,6-7,9-11,13-14,19,22,25,35,39H,4-5,8,12,15-18,20-21H2,1H3/b9-6+/t22-,25-,31+/m0/s1. The number of aliphatic hydroxyl groups excluding tert-OH is 1. The van der Waals surface area contributed by atoms with Crippen LogP contribution in [-0.4, -0.2) is 58.6 Å². The van der Waals surface area contributed by atoms with E-state index in [1.54, 1.807) is 34.9 Å². The zero-order valence-electron chi connectivity index (χ0n) is 22.5. The van der Waals surface area contributed by atoms with Crippen LogP contribution in [0.15, 0.2) is 60.7 Å². The number of rotatable bonds is 8. The molecule has 3 heterocycles. The Labute approximate surface area is 229 Å². The molecule has 8 nitrogen and oxygen atoms in total. The van der Waals surface area contributed by atoms with Gasteiger partial charge in [-0.1, -0.05) is 49.4 Å². The molecule has 2 aromatic rings. The second-order valence-corrected chi connectivity index (χ2v) is 10.8. The third kappa shape index (κ3) is 5.11. The van der Waals surface area contributed by atoms with Gasteiger partial charge in [0.05, 0.1) is 24.9 Å². The molecule has 0 aromatic heterocycles. The molecule has 0 bridgehead atoms. The Balaban J connectivity index is 1.34. The fourth-order valence-electron chi connectivity index (χ4n) is 6.13. The molecule has 2 fully saturated rings. The maximum atomic E-state index is 13.8. The van der Waals surface area contributed by atoms with E-state index in [0.29, 0.717) is 30.8 Å². The van der Waals surface area contributed by atoms with Crippen molar-refractivity contribution < 1.29 is 24.6 Å². The van der Waals surface area contributed by atoms with Crippen LogP contribution >= 0.6 is 0 Å². The number of hydrogen-bond acceptors (Lipinski definition) is 5. The van der Waals surface area contributed by atoms with E-state index in [-0.39, 0.29) is 37.4 Å². The second kappa shape index (κ2) is 11.3. The number of hydrogen-bond donors (Lipinski definition) is 2. The molecule has 3 aliphatic rings. The Morgan fingerprint density at radius 1 is 1.10 bits per heavy atom. The summed E-state index contributed by atoms with van der Waals surface area (Å²) in [5.41, 5.74) is 1.13. The Morgan fingerprint density at radius 3 is 2.72 bits per heavy atom. The van der Waals surface area contributed by atoms with Crippen LogP contribution in [0.1, 0.15) is 56.6 Å². The molecule has 0 saturated carbocycles. The van der Waals surface area contributed by atoms with Gasteiger partial charge in [-0.2, -0.15) is 0 Å². The molecule has 2 N–H and O–H groups in total. The van der Waals surface area contributed by atoms with Gasteiger partial charge < -0.3 is 24.9 Å². The first-order valence-electron chi connectivity index (χ1n) is 13.9. The van der Waals surface area contributed by atoms with Gasteiger partial charge in [-0.25, -0.2) is 0 Å². The molecule has 3 amide bonds. The lowest BCUT2D eigenvalue weighted by atomic mass is 9.83. The summed E-state index contributed by atoms with van der Waals surface area (Å²) in [4.78, 5) is 44.1. The Hall–Kier alpha value is -3.49. The first-order chi connectivity index (χ1) is 18.8. The molecule has 0 aliphatic carbocycles. The first-order valence-corrected chi connectivity index (χ1v) is 13.9. The number of aliphatic hydroxyl groups is 2. The van der Waals surface area contributed by atoms with Crippen molar-refractivity contribution in [2.75, 3.05) is 29.5 Å². The number of carbonyl (C=O) groups excluding carboxylic acids is 3. The van der Waals surface area contributed by atoms with Crippen LogP contribution in [0.5, 0.6) is 0 Å². The van der Waals surface area contributed by atoms with Crippen LogP contribution in [0.2, 0.25) is 0 Å². The van der Waals surface area contributed by atoms with Crippen molar-refractivity contribution in [3.05, 3.63) is 71.8 Å². The van der Waals surface area contributed by atoms with Crippen LogP contribution in [0, 0.1) is 5.92 Å². The van der Waals surface area contributed by atoms with Crippen molar-refractivity contribution in [2.45, 2.75) is 63.6 Å². The van der Waals surface area contributed by atoms with E-state index in [9.17, 15) is 24.6 Å². The van der Waals surface area contributed by atoms with Crippen LogP contribution < -0.4 is 9.80 Å². The fourth-order valence-corrected chi connectivity index (χ4v) is 6.13. The second-order valence-electron chi connectivity index (χ2n) is 10.8. The Kier molecular flexibility index (Phi) is 7.86. The van der Waals surface area contributed by atoms with Crippen LogP contribution in [0.4, 0.5) is 11.4 Å². The average molecular weight is 532 g/mol. The van der Waals surface area contributed by atoms with Gasteiger partial charge in [0.2, 0.25) is 11.8 Å². The molecule has 2 saturated heterocycles. The number of likely N-dealkylation sites (tertiary alicyclic amines) is 1. The Bertz CT molecular complexity index is 1280. The van der Waals surface area contributed by atoms with Gasteiger partial charge in [-0.3, -0.25) is 14.4 Å². The van der Waals surface area contributed by atoms with Crippen molar-refractivity contribution in [2.24, 2.45) is 5.92 Å². The lowest BCUT2D eigenvalue weighted by molar-refractivity contribution is -0.139. The van der Waals surface area contributed by atoms with Crippen molar-refractivity contribution >= 4 is 29.1 Å². The molecule has 3 aliphatic heterocycles. The zero-order valence-corrected chi connectivity index (χ0v) is 22.5. The van der Waals surface area contributed by atoms with Gasteiger partial charge in [0.25, 0.3) is 5.91 Å². The number of amides is 3. The monoisotopic (exact) mass is 531 g/mol. The van der Waals surface area contributed by atoms with E-state index >= 15 is 0 Å². The zero-order chi connectivity index (χ0) is 27.6. The van der Waals surface area contributed by atoms with E-state index < -0.39 is 17.4 Å². The average Bonchev–Trinajstić information content (AvgIpc) is 3.52. The minimum atomic E-state index is -1.77. The van der Waals surface area contributed by atoms with Gasteiger partial charge in [0.1, 0.15) is 0 Å². The molecule has 0 spiro atoms. The van der Waals surface area contributed by atoms with E-state index in [0.717, 1.165) is 36.9 Å². The number of anilines is 2. The fraction of sp³-hybridized carbons (Fsp3) is 0.452. The highest BCUT2D eigenvalue weighted by atomic mass is 16.3. The summed E-state index contributed by atoms with van der Waals surface area (Å²) in [5, 5.41) is 21.4. The third-order valence-electron chi connectivity index (χ3n) is 8.35.